The number of nitrogens with zero attached hydrogens (tertiary/aromatic N) is 1. The second-order valence-corrected chi connectivity index (χ2v) is 2.20. The minimum absolute atomic E-state index is 0.106. The Balaban J connectivity index is 2.31. The van der Waals surface area contributed by atoms with E-state index in [9.17, 15) is 0 Å². The van der Waals surface area contributed by atoms with Crippen LogP contribution in [0.25, 0.3) is 0 Å². The van der Waals surface area contributed by atoms with Gasteiger partial charge in [-0.05, 0) is 0 Å². The monoisotopic (exact) mass is 140 g/mol. The molecule has 0 aromatic carbocycles. The van der Waals surface area contributed by atoms with Crippen LogP contribution in [0.1, 0.15) is 6.42 Å². The molecule has 0 aliphatic carbocycles. The van der Waals surface area contributed by atoms with Crippen molar-refractivity contribution in [1.29, 1.82) is 0 Å². The van der Waals surface area contributed by atoms with Gasteiger partial charge in [0.1, 0.15) is 6.10 Å². The lowest BCUT2D eigenvalue weighted by Crippen LogP contribution is -2.23. The van der Waals surface area contributed by atoms with Crippen molar-refractivity contribution in [2.24, 2.45) is 10.7 Å². The van der Waals surface area contributed by atoms with Crippen LogP contribution in [0.5, 0.6) is 0 Å². The van der Waals surface area contributed by atoms with Crippen LogP contribution >= 0.6 is 0 Å². The smallest absolute Gasteiger partial charge is 0.187 e. The highest BCUT2D eigenvalue weighted by molar-refractivity contribution is 5.79. The van der Waals surface area contributed by atoms with Gasteiger partial charge in [-0.3, -0.25) is 4.99 Å². The number of hydrogen-bond donors (Lipinski definition) is 1. The molecule has 0 saturated heterocycles. The van der Waals surface area contributed by atoms with Crippen LogP contribution < -0.4 is 5.73 Å². The van der Waals surface area contributed by atoms with E-state index in [-0.39, 0.29) is 6.10 Å². The topological polar surface area (TPSA) is 47.6 Å². The van der Waals surface area contributed by atoms with Crippen molar-refractivity contribution in [3.63, 3.8) is 0 Å². The fraction of sp³-hybridized carbons (Fsp3) is 0.571. The number of nitrogens with two attached hydrogens (primary N) is 1. The van der Waals surface area contributed by atoms with Crippen molar-refractivity contribution in [3.05, 3.63) is 12.7 Å². The van der Waals surface area contributed by atoms with Gasteiger partial charge in [0.05, 0.1) is 6.54 Å². The van der Waals surface area contributed by atoms with E-state index in [0.29, 0.717) is 13.1 Å². The standard InChI is InChI=1S/C7H12N2O/c1-2-3-7-9-5-6(4-8)10-7/h2,6H,1,3-5,8H2. The van der Waals surface area contributed by atoms with E-state index in [1.807, 2.05) is 0 Å². The van der Waals surface area contributed by atoms with E-state index in [0.717, 1.165) is 12.3 Å². The van der Waals surface area contributed by atoms with Gasteiger partial charge in [0.15, 0.2) is 5.90 Å². The molecule has 1 rings (SSSR count). The number of ether oxygens (including phenoxy) is 1. The molecule has 0 fully saturated rings. The summed E-state index contributed by atoms with van der Waals surface area (Å²) in [7, 11) is 0. The molecule has 0 spiro atoms. The zero-order chi connectivity index (χ0) is 7.40. The molecule has 0 aromatic rings. The third-order valence-electron chi connectivity index (χ3n) is 1.36. The van der Waals surface area contributed by atoms with E-state index in [1.165, 1.54) is 0 Å². The Labute approximate surface area is 60.6 Å². The molecule has 1 unspecified atom stereocenters. The van der Waals surface area contributed by atoms with Crippen molar-refractivity contribution in [2.45, 2.75) is 12.5 Å². The summed E-state index contributed by atoms with van der Waals surface area (Å²) in [4.78, 5) is 4.12. The Hall–Kier alpha value is -0.830. The molecule has 0 saturated carbocycles. The molecule has 1 atom stereocenters. The van der Waals surface area contributed by atoms with Crippen LogP contribution in [0.15, 0.2) is 17.6 Å². The second-order valence-electron chi connectivity index (χ2n) is 2.20. The van der Waals surface area contributed by atoms with Crippen molar-refractivity contribution < 1.29 is 4.74 Å². The average molecular weight is 140 g/mol. The number of hydrogen-bond acceptors (Lipinski definition) is 3. The van der Waals surface area contributed by atoms with Crippen molar-refractivity contribution in [1.82, 2.24) is 0 Å². The summed E-state index contributed by atoms with van der Waals surface area (Å²) in [5.41, 5.74) is 5.37. The first-order valence-electron chi connectivity index (χ1n) is 3.37. The third kappa shape index (κ3) is 1.57. The molecule has 1 aliphatic rings. The Morgan fingerprint density at radius 1 is 1.90 bits per heavy atom. The van der Waals surface area contributed by atoms with Crippen LogP contribution in [0.3, 0.4) is 0 Å². The number of rotatable bonds is 3. The predicted octanol–water partition coefficient (Wildman–Crippen LogP) is 0.319. The SMILES string of the molecule is C=CCC1=NCC(CN)O1. The molecule has 0 amide bonds. The minimum Gasteiger partial charge on any atom is -0.474 e. The Kier molecular flexibility index (Phi) is 2.45. The summed E-state index contributed by atoms with van der Waals surface area (Å²) < 4.78 is 5.30. The normalized spacial score (nSPS) is 23.7. The highest BCUT2D eigenvalue weighted by Crippen LogP contribution is 2.05. The first-order valence-corrected chi connectivity index (χ1v) is 3.37. The van der Waals surface area contributed by atoms with Gasteiger partial charge in [-0.1, -0.05) is 6.08 Å². The first-order chi connectivity index (χ1) is 4.86. The van der Waals surface area contributed by atoms with Crippen molar-refractivity contribution in [3.8, 4) is 0 Å². The molecule has 0 aromatic heterocycles. The molecule has 0 radical (unpaired) electrons. The van der Waals surface area contributed by atoms with Gasteiger partial charge >= 0.3 is 0 Å². The fourth-order valence-electron chi connectivity index (χ4n) is 0.829. The minimum atomic E-state index is 0.106. The van der Waals surface area contributed by atoms with Gasteiger partial charge in [-0.15, -0.1) is 6.58 Å². The molecule has 1 heterocycles. The van der Waals surface area contributed by atoms with Gasteiger partial charge in [0.25, 0.3) is 0 Å². The van der Waals surface area contributed by atoms with E-state index in [2.05, 4.69) is 11.6 Å². The Morgan fingerprint density at radius 3 is 3.20 bits per heavy atom. The second kappa shape index (κ2) is 3.37. The Morgan fingerprint density at radius 2 is 2.70 bits per heavy atom. The summed E-state index contributed by atoms with van der Waals surface area (Å²) in [5, 5.41) is 0. The highest BCUT2D eigenvalue weighted by atomic mass is 16.5. The van der Waals surface area contributed by atoms with Crippen LogP contribution in [-0.2, 0) is 4.74 Å². The molecular weight excluding hydrogens is 128 g/mol. The average Bonchev–Trinajstić information content (AvgIpc) is 2.37. The summed E-state index contributed by atoms with van der Waals surface area (Å²) in [6, 6.07) is 0. The van der Waals surface area contributed by atoms with E-state index >= 15 is 0 Å². The van der Waals surface area contributed by atoms with Crippen LogP contribution in [-0.4, -0.2) is 25.1 Å². The highest BCUT2D eigenvalue weighted by Gasteiger charge is 2.15. The van der Waals surface area contributed by atoms with Crippen molar-refractivity contribution in [2.75, 3.05) is 13.1 Å². The summed E-state index contributed by atoms with van der Waals surface area (Å²) in [6.45, 7) is 4.84. The van der Waals surface area contributed by atoms with E-state index in [4.69, 9.17) is 10.5 Å². The summed E-state index contributed by atoms with van der Waals surface area (Å²) in [5.74, 6) is 0.769. The van der Waals surface area contributed by atoms with Crippen LogP contribution in [0.2, 0.25) is 0 Å². The maximum atomic E-state index is 5.37. The lowest BCUT2D eigenvalue weighted by molar-refractivity contribution is 0.229. The molecule has 1 aliphatic heterocycles. The molecule has 3 nitrogen and oxygen atoms in total. The number of aliphatic imine (C=N–C) groups is 1. The maximum absolute atomic E-state index is 5.37. The molecule has 10 heavy (non-hydrogen) atoms. The fourth-order valence-corrected chi connectivity index (χ4v) is 0.829. The lowest BCUT2D eigenvalue weighted by Gasteiger charge is -2.05. The van der Waals surface area contributed by atoms with Crippen LogP contribution in [0.4, 0.5) is 0 Å². The molecular formula is C7H12N2O. The largest absolute Gasteiger partial charge is 0.474 e. The van der Waals surface area contributed by atoms with Gasteiger partial charge in [-0.25, -0.2) is 0 Å². The van der Waals surface area contributed by atoms with Gasteiger partial charge in [0.2, 0.25) is 0 Å². The quantitative estimate of drug-likeness (QED) is 0.574. The van der Waals surface area contributed by atoms with Gasteiger partial charge in [-0.2, -0.15) is 0 Å². The van der Waals surface area contributed by atoms with E-state index < -0.39 is 0 Å². The summed E-state index contributed by atoms with van der Waals surface area (Å²) in [6.07, 6.45) is 2.60. The zero-order valence-corrected chi connectivity index (χ0v) is 5.92. The zero-order valence-electron chi connectivity index (χ0n) is 5.92. The molecule has 0 bridgehead atoms. The van der Waals surface area contributed by atoms with Crippen LogP contribution in [0, 0.1) is 0 Å². The molecule has 3 heteroatoms. The summed E-state index contributed by atoms with van der Waals surface area (Å²) >= 11 is 0. The predicted molar refractivity (Wildman–Crippen MR) is 41.0 cm³/mol. The lowest BCUT2D eigenvalue weighted by atomic mass is 10.4. The van der Waals surface area contributed by atoms with Gasteiger partial charge in [0, 0.05) is 13.0 Å². The van der Waals surface area contributed by atoms with Gasteiger partial charge < -0.3 is 10.5 Å². The maximum Gasteiger partial charge on any atom is 0.187 e. The van der Waals surface area contributed by atoms with Crippen molar-refractivity contribution >= 4 is 5.90 Å². The molecule has 2 N–H and O–H groups in total. The van der Waals surface area contributed by atoms with E-state index in [1.54, 1.807) is 6.08 Å². The third-order valence-corrected chi connectivity index (χ3v) is 1.36. The molecule has 56 valence electrons. The first kappa shape index (κ1) is 7.28. The Bertz CT molecular complexity index is 154.